The molecule has 0 bridgehead atoms. The van der Waals surface area contributed by atoms with Crippen molar-refractivity contribution in [2.75, 3.05) is 18.1 Å². The first kappa shape index (κ1) is 20.6. The third-order valence-electron chi connectivity index (χ3n) is 3.92. The highest BCUT2D eigenvalue weighted by molar-refractivity contribution is 7.90. The molecular formula is C19H17ClN4O4S. The summed E-state index contributed by atoms with van der Waals surface area (Å²) in [7, 11) is -3.58. The van der Waals surface area contributed by atoms with Gasteiger partial charge in [0.1, 0.15) is 0 Å². The Morgan fingerprint density at radius 1 is 1.14 bits per heavy atom. The molecule has 0 aliphatic heterocycles. The van der Waals surface area contributed by atoms with E-state index >= 15 is 0 Å². The SMILES string of the molecule is CS(=O)(=O)c1cc(C(=O)NCC(=O)Nc2ccc(-n3cccn3)cc2)ccc1Cl. The van der Waals surface area contributed by atoms with Gasteiger partial charge in [0.2, 0.25) is 5.91 Å². The molecule has 150 valence electrons. The van der Waals surface area contributed by atoms with Crippen molar-refractivity contribution >= 4 is 38.9 Å². The first-order chi connectivity index (χ1) is 13.7. The Labute approximate surface area is 172 Å². The van der Waals surface area contributed by atoms with Crippen molar-refractivity contribution < 1.29 is 18.0 Å². The summed E-state index contributed by atoms with van der Waals surface area (Å²) in [5.41, 5.74) is 1.49. The fraction of sp³-hybridized carbons (Fsp3) is 0.105. The summed E-state index contributed by atoms with van der Waals surface area (Å²) in [6.07, 6.45) is 4.47. The number of aromatic nitrogens is 2. The zero-order valence-electron chi connectivity index (χ0n) is 15.3. The van der Waals surface area contributed by atoms with E-state index in [1.54, 1.807) is 47.4 Å². The second kappa shape index (κ2) is 8.46. The monoisotopic (exact) mass is 432 g/mol. The normalized spacial score (nSPS) is 11.1. The minimum Gasteiger partial charge on any atom is -0.343 e. The molecule has 0 aliphatic carbocycles. The predicted octanol–water partition coefficient (Wildman–Crippen LogP) is 2.30. The first-order valence-electron chi connectivity index (χ1n) is 8.42. The Bertz CT molecular complexity index is 1140. The molecule has 0 saturated carbocycles. The Kier molecular flexibility index (Phi) is 6.00. The fourth-order valence-corrected chi connectivity index (χ4v) is 3.82. The van der Waals surface area contributed by atoms with E-state index in [0.717, 1.165) is 11.9 Å². The summed E-state index contributed by atoms with van der Waals surface area (Å²) < 4.78 is 25.1. The maximum Gasteiger partial charge on any atom is 0.251 e. The largest absolute Gasteiger partial charge is 0.343 e. The highest BCUT2D eigenvalue weighted by Crippen LogP contribution is 2.22. The van der Waals surface area contributed by atoms with Crippen molar-refractivity contribution in [2.45, 2.75) is 4.90 Å². The molecule has 2 aromatic carbocycles. The third kappa shape index (κ3) is 5.21. The van der Waals surface area contributed by atoms with Gasteiger partial charge in [0.15, 0.2) is 9.84 Å². The fourth-order valence-electron chi connectivity index (χ4n) is 2.52. The van der Waals surface area contributed by atoms with Gasteiger partial charge in [-0.2, -0.15) is 5.10 Å². The van der Waals surface area contributed by atoms with Gasteiger partial charge < -0.3 is 10.6 Å². The molecule has 1 heterocycles. The molecule has 0 aliphatic rings. The van der Waals surface area contributed by atoms with Gasteiger partial charge in [-0.3, -0.25) is 9.59 Å². The number of anilines is 1. The molecule has 1 aromatic heterocycles. The van der Waals surface area contributed by atoms with E-state index in [1.165, 1.54) is 18.2 Å². The Balaban J connectivity index is 1.59. The molecule has 29 heavy (non-hydrogen) atoms. The van der Waals surface area contributed by atoms with Gasteiger partial charge in [-0.25, -0.2) is 13.1 Å². The van der Waals surface area contributed by atoms with Crippen molar-refractivity contribution in [1.82, 2.24) is 15.1 Å². The molecule has 8 nitrogen and oxygen atoms in total. The highest BCUT2D eigenvalue weighted by atomic mass is 35.5. The molecule has 0 radical (unpaired) electrons. The summed E-state index contributed by atoms with van der Waals surface area (Å²) in [5, 5.41) is 9.26. The van der Waals surface area contributed by atoms with Crippen LogP contribution < -0.4 is 10.6 Å². The number of carbonyl (C=O) groups is 2. The van der Waals surface area contributed by atoms with Crippen molar-refractivity contribution in [2.24, 2.45) is 0 Å². The van der Waals surface area contributed by atoms with Gasteiger partial charge in [0.05, 0.1) is 22.2 Å². The summed E-state index contributed by atoms with van der Waals surface area (Å²) >= 11 is 5.87. The number of halogens is 1. The lowest BCUT2D eigenvalue weighted by molar-refractivity contribution is -0.115. The zero-order valence-corrected chi connectivity index (χ0v) is 16.9. The molecule has 0 saturated heterocycles. The lowest BCUT2D eigenvalue weighted by atomic mass is 10.2. The van der Waals surface area contributed by atoms with Crippen LogP contribution in [0.5, 0.6) is 0 Å². The number of hydrogen-bond acceptors (Lipinski definition) is 5. The predicted molar refractivity (Wildman–Crippen MR) is 109 cm³/mol. The summed E-state index contributed by atoms with van der Waals surface area (Å²) in [6, 6.07) is 12.7. The van der Waals surface area contributed by atoms with E-state index in [9.17, 15) is 18.0 Å². The zero-order chi connectivity index (χ0) is 21.0. The summed E-state index contributed by atoms with van der Waals surface area (Å²) in [5.74, 6) is -1.02. The molecule has 3 aromatic rings. The smallest absolute Gasteiger partial charge is 0.251 e. The van der Waals surface area contributed by atoms with E-state index in [-0.39, 0.29) is 22.0 Å². The van der Waals surface area contributed by atoms with E-state index in [1.807, 2.05) is 0 Å². The average Bonchev–Trinajstić information content (AvgIpc) is 3.21. The van der Waals surface area contributed by atoms with Gasteiger partial charge in [0, 0.05) is 29.9 Å². The number of carbonyl (C=O) groups excluding carboxylic acids is 2. The van der Waals surface area contributed by atoms with Gasteiger partial charge in [-0.05, 0) is 48.5 Å². The van der Waals surface area contributed by atoms with Crippen LogP contribution >= 0.6 is 11.6 Å². The Hall–Kier alpha value is -3.17. The number of nitrogens with one attached hydrogen (secondary N) is 2. The van der Waals surface area contributed by atoms with Crippen molar-refractivity contribution in [3.8, 4) is 5.69 Å². The van der Waals surface area contributed by atoms with Gasteiger partial charge >= 0.3 is 0 Å². The van der Waals surface area contributed by atoms with E-state index < -0.39 is 21.7 Å². The second-order valence-corrected chi connectivity index (χ2v) is 8.54. The molecule has 2 amide bonds. The standard InChI is InChI=1S/C19H17ClN4O4S/c1-29(27,28)17-11-13(3-8-16(17)20)19(26)21-12-18(25)23-14-4-6-15(7-5-14)24-10-2-9-22-24/h2-11H,12H2,1H3,(H,21,26)(H,23,25). The molecule has 2 N–H and O–H groups in total. The Morgan fingerprint density at radius 2 is 1.86 bits per heavy atom. The van der Waals surface area contributed by atoms with Gasteiger partial charge in [-0.1, -0.05) is 11.6 Å². The number of rotatable bonds is 6. The van der Waals surface area contributed by atoms with Crippen LogP contribution in [0.25, 0.3) is 5.69 Å². The number of benzene rings is 2. The van der Waals surface area contributed by atoms with Crippen LogP contribution in [-0.2, 0) is 14.6 Å². The van der Waals surface area contributed by atoms with Crippen LogP contribution in [0.4, 0.5) is 5.69 Å². The topological polar surface area (TPSA) is 110 Å². The van der Waals surface area contributed by atoms with Gasteiger partial charge in [0.25, 0.3) is 5.91 Å². The van der Waals surface area contributed by atoms with Crippen LogP contribution in [0.1, 0.15) is 10.4 Å². The summed E-state index contributed by atoms with van der Waals surface area (Å²) in [6.45, 7) is -0.281. The minimum absolute atomic E-state index is 0.0281. The molecule has 3 rings (SSSR count). The van der Waals surface area contributed by atoms with Crippen molar-refractivity contribution in [3.63, 3.8) is 0 Å². The Morgan fingerprint density at radius 3 is 2.48 bits per heavy atom. The van der Waals surface area contributed by atoms with Crippen LogP contribution in [-0.4, -0.2) is 42.8 Å². The van der Waals surface area contributed by atoms with E-state index in [0.29, 0.717) is 5.69 Å². The van der Waals surface area contributed by atoms with Crippen molar-refractivity contribution in [1.29, 1.82) is 0 Å². The maximum absolute atomic E-state index is 12.2. The van der Waals surface area contributed by atoms with Crippen LogP contribution in [0.15, 0.2) is 65.8 Å². The van der Waals surface area contributed by atoms with Crippen molar-refractivity contribution in [3.05, 3.63) is 71.5 Å². The quantitative estimate of drug-likeness (QED) is 0.621. The third-order valence-corrected chi connectivity index (χ3v) is 5.50. The highest BCUT2D eigenvalue weighted by Gasteiger charge is 2.16. The second-order valence-electron chi connectivity index (χ2n) is 6.15. The maximum atomic E-state index is 12.2. The lowest BCUT2D eigenvalue weighted by Crippen LogP contribution is -2.32. The summed E-state index contributed by atoms with van der Waals surface area (Å²) in [4.78, 5) is 24.2. The lowest BCUT2D eigenvalue weighted by Gasteiger charge is -2.09. The first-order valence-corrected chi connectivity index (χ1v) is 10.7. The number of sulfone groups is 1. The molecule has 0 spiro atoms. The molecule has 10 heteroatoms. The van der Waals surface area contributed by atoms with Crippen LogP contribution in [0.2, 0.25) is 5.02 Å². The molecule has 0 fully saturated rings. The molecular weight excluding hydrogens is 416 g/mol. The average molecular weight is 433 g/mol. The van der Waals surface area contributed by atoms with Crippen LogP contribution in [0.3, 0.4) is 0 Å². The van der Waals surface area contributed by atoms with E-state index in [2.05, 4.69) is 15.7 Å². The minimum atomic E-state index is -3.58. The van der Waals surface area contributed by atoms with Crippen LogP contribution in [0, 0.1) is 0 Å². The molecule has 0 unspecified atom stereocenters. The molecule has 0 atom stereocenters. The van der Waals surface area contributed by atoms with Gasteiger partial charge in [-0.15, -0.1) is 0 Å². The number of amides is 2. The number of nitrogens with zero attached hydrogens (tertiary/aromatic N) is 2. The van der Waals surface area contributed by atoms with E-state index in [4.69, 9.17) is 11.6 Å². The number of hydrogen-bond donors (Lipinski definition) is 2.